The summed E-state index contributed by atoms with van der Waals surface area (Å²) in [5.41, 5.74) is 4.45. The van der Waals surface area contributed by atoms with Crippen LogP contribution in [-0.2, 0) is 5.41 Å². The molecule has 8 rings (SSSR count). The Labute approximate surface area is 294 Å². The van der Waals surface area contributed by atoms with Gasteiger partial charge in [-0.15, -0.1) is 0 Å². The molecule has 6 aromatic rings. The molecule has 8 heteroatoms. The lowest BCUT2D eigenvalue weighted by Gasteiger charge is -2.26. The van der Waals surface area contributed by atoms with Crippen LogP contribution in [0.1, 0.15) is 66.4 Å². The molecule has 0 radical (unpaired) electrons. The van der Waals surface area contributed by atoms with Crippen LogP contribution < -0.4 is 19.3 Å². The Morgan fingerprint density at radius 1 is 0.373 bits per heavy atom. The summed E-state index contributed by atoms with van der Waals surface area (Å²) in [5, 5.41) is 0. The van der Waals surface area contributed by atoms with E-state index in [0.717, 1.165) is 11.1 Å². The van der Waals surface area contributed by atoms with Gasteiger partial charge >= 0.3 is 0 Å². The van der Waals surface area contributed by atoms with Gasteiger partial charge in [0.15, 0.2) is 0 Å². The summed E-state index contributed by atoms with van der Waals surface area (Å²) in [4.78, 5) is 53.7. The van der Waals surface area contributed by atoms with Crippen molar-refractivity contribution in [2.24, 2.45) is 0 Å². The molecule has 0 atom stereocenters. The molecule has 2 aliphatic rings. The first-order chi connectivity index (χ1) is 24.7. The normalized spacial score (nSPS) is 13.8. The third-order valence-corrected chi connectivity index (χ3v) is 9.40. The van der Waals surface area contributed by atoms with Gasteiger partial charge in [-0.3, -0.25) is 19.2 Å². The van der Waals surface area contributed by atoms with Crippen molar-refractivity contribution in [3.8, 4) is 23.0 Å². The number of hydrogen-bond acceptors (Lipinski definition) is 6. The highest BCUT2D eigenvalue weighted by atomic mass is 16.5. The zero-order chi connectivity index (χ0) is 35.3. The largest absolute Gasteiger partial charge is 0.457 e. The van der Waals surface area contributed by atoms with E-state index in [1.165, 1.54) is 9.80 Å². The van der Waals surface area contributed by atoms with Crippen molar-refractivity contribution in [3.05, 3.63) is 179 Å². The average molecular weight is 671 g/mol. The molecule has 8 nitrogen and oxygen atoms in total. The highest BCUT2D eigenvalue weighted by Gasteiger charge is 2.37. The standard InChI is InChI=1S/C43H30N2O6/c1-43(2,27-11-19-31(20-12-27)50-33-23-15-29(16-24-33)44-39(46)35-7-3-4-8-36(35)40(44)47)28-13-21-32(22-14-28)51-34-25-17-30(18-26-34)45-41(48)37-9-5-6-10-38(37)42(45)49/h3-26H,1-2H3. The van der Waals surface area contributed by atoms with Crippen LogP contribution in [0, 0.1) is 0 Å². The summed E-state index contributed by atoms with van der Waals surface area (Å²) in [6.07, 6.45) is 0. The lowest BCUT2D eigenvalue weighted by Crippen LogP contribution is -2.29. The number of benzene rings is 6. The number of fused-ring (bicyclic) bond motifs is 2. The number of amides is 4. The van der Waals surface area contributed by atoms with Crippen molar-refractivity contribution in [2.45, 2.75) is 19.3 Å². The van der Waals surface area contributed by atoms with Gasteiger partial charge in [-0.2, -0.15) is 0 Å². The Morgan fingerprint density at radius 3 is 0.902 bits per heavy atom. The molecule has 0 N–H and O–H groups in total. The van der Waals surface area contributed by atoms with Crippen molar-refractivity contribution in [1.82, 2.24) is 0 Å². The predicted molar refractivity (Wildman–Crippen MR) is 193 cm³/mol. The van der Waals surface area contributed by atoms with Crippen LogP contribution in [0.15, 0.2) is 146 Å². The highest BCUT2D eigenvalue weighted by Crippen LogP contribution is 2.36. The van der Waals surface area contributed by atoms with Gasteiger partial charge < -0.3 is 9.47 Å². The number of rotatable bonds is 8. The lowest BCUT2D eigenvalue weighted by molar-refractivity contribution is 0.0910. The van der Waals surface area contributed by atoms with E-state index >= 15 is 0 Å². The van der Waals surface area contributed by atoms with Crippen molar-refractivity contribution in [1.29, 1.82) is 0 Å². The first-order valence-corrected chi connectivity index (χ1v) is 16.4. The van der Waals surface area contributed by atoms with E-state index in [2.05, 4.69) is 13.8 Å². The molecule has 0 unspecified atom stereocenters. The summed E-state index contributed by atoms with van der Waals surface area (Å²) in [6.45, 7) is 4.29. The van der Waals surface area contributed by atoms with Gasteiger partial charge in [0.1, 0.15) is 23.0 Å². The fourth-order valence-corrected chi connectivity index (χ4v) is 6.49. The van der Waals surface area contributed by atoms with E-state index in [1.807, 2.05) is 48.5 Å². The van der Waals surface area contributed by atoms with Crippen LogP contribution in [0.25, 0.3) is 0 Å². The van der Waals surface area contributed by atoms with Gasteiger partial charge in [0, 0.05) is 5.41 Å². The van der Waals surface area contributed by atoms with E-state index in [9.17, 15) is 19.2 Å². The summed E-state index contributed by atoms with van der Waals surface area (Å²) < 4.78 is 12.2. The van der Waals surface area contributed by atoms with Crippen LogP contribution in [0.3, 0.4) is 0 Å². The molecular weight excluding hydrogens is 640 g/mol. The van der Waals surface area contributed by atoms with E-state index in [4.69, 9.17) is 9.47 Å². The molecular formula is C43H30N2O6. The molecule has 2 heterocycles. The zero-order valence-corrected chi connectivity index (χ0v) is 27.7. The fourth-order valence-electron chi connectivity index (χ4n) is 6.49. The monoisotopic (exact) mass is 670 g/mol. The number of anilines is 2. The number of imide groups is 2. The maximum atomic E-state index is 12.8. The minimum absolute atomic E-state index is 0.320. The predicted octanol–water partition coefficient (Wildman–Crippen LogP) is 9.20. The number of hydrogen-bond donors (Lipinski definition) is 0. The van der Waals surface area contributed by atoms with Crippen molar-refractivity contribution >= 4 is 35.0 Å². The Bertz CT molecular complexity index is 2110. The summed E-state index contributed by atoms with van der Waals surface area (Å²) in [5.74, 6) is 1.13. The van der Waals surface area contributed by atoms with Crippen molar-refractivity contribution in [3.63, 3.8) is 0 Å². The molecule has 248 valence electrons. The smallest absolute Gasteiger partial charge is 0.266 e. The molecule has 2 aliphatic heterocycles. The Balaban J connectivity index is 0.898. The van der Waals surface area contributed by atoms with Gasteiger partial charge in [0.05, 0.1) is 33.6 Å². The second-order valence-electron chi connectivity index (χ2n) is 12.8. The Hall–Kier alpha value is -6.80. The maximum absolute atomic E-state index is 12.8. The average Bonchev–Trinajstić information content (AvgIpc) is 3.57. The second kappa shape index (κ2) is 12.3. The molecule has 0 bridgehead atoms. The van der Waals surface area contributed by atoms with Gasteiger partial charge in [-0.1, -0.05) is 62.4 Å². The van der Waals surface area contributed by atoms with Gasteiger partial charge in [-0.25, -0.2) is 9.80 Å². The summed E-state index contributed by atoms with van der Waals surface area (Å²) in [7, 11) is 0. The molecule has 0 aromatic heterocycles. The van der Waals surface area contributed by atoms with Crippen LogP contribution >= 0.6 is 0 Å². The highest BCUT2D eigenvalue weighted by molar-refractivity contribution is 6.35. The summed E-state index contributed by atoms with van der Waals surface area (Å²) in [6, 6.07) is 43.2. The number of ether oxygens (including phenoxy) is 2. The topological polar surface area (TPSA) is 93.2 Å². The SMILES string of the molecule is CC(C)(c1ccc(Oc2ccc(N3C(=O)c4ccccc4C3=O)cc2)cc1)c1ccc(Oc2ccc(N3C(=O)c4ccccc4C3=O)cc2)cc1. The van der Waals surface area contributed by atoms with Crippen LogP contribution in [-0.4, -0.2) is 23.6 Å². The molecule has 0 aliphatic carbocycles. The van der Waals surface area contributed by atoms with Crippen LogP contribution in [0.5, 0.6) is 23.0 Å². The van der Waals surface area contributed by atoms with Gasteiger partial charge in [0.25, 0.3) is 23.6 Å². The van der Waals surface area contributed by atoms with E-state index in [1.54, 1.807) is 97.1 Å². The van der Waals surface area contributed by atoms with E-state index in [-0.39, 0.29) is 29.0 Å². The molecule has 0 spiro atoms. The lowest BCUT2D eigenvalue weighted by atomic mass is 9.78. The summed E-state index contributed by atoms with van der Waals surface area (Å²) >= 11 is 0. The van der Waals surface area contributed by atoms with E-state index in [0.29, 0.717) is 56.6 Å². The molecule has 4 amide bonds. The van der Waals surface area contributed by atoms with Crippen molar-refractivity contribution < 1.29 is 28.7 Å². The third kappa shape index (κ3) is 5.53. The molecule has 6 aromatic carbocycles. The Kier molecular flexibility index (Phi) is 7.57. The molecule has 51 heavy (non-hydrogen) atoms. The van der Waals surface area contributed by atoms with Crippen LogP contribution in [0.2, 0.25) is 0 Å². The fraction of sp³-hybridized carbons (Fsp3) is 0.0698. The number of carbonyl (C=O) groups excluding carboxylic acids is 4. The molecule has 0 fully saturated rings. The van der Waals surface area contributed by atoms with Crippen LogP contribution in [0.4, 0.5) is 11.4 Å². The third-order valence-electron chi connectivity index (χ3n) is 9.40. The first kappa shape index (κ1) is 31.5. The molecule has 0 saturated heterocycles. The first-order valence-electron chi connectivity index (χ1n) is 16.4. The maximum Gasteiger partial charge on any atom is 0.266 e. The quantitative estimate of drug-likeness (QED) is 0.150. The Morgan fingerprint density at radius 2 is 0.627 bits per heavy atom. The second-order valence-corrected chi connectivity index (χ2v) is 12.8. The minimum atomic E-state index is -0.335. The van der Waals surface area contributed by atoms with E-state index < -0.39 is 0 Å². The van der Waals surface area contributed by atoms with Gasteiger partial charge in [0.2, 0.25) is 0 Å². The van der Waals surface area contributed by atoms with Crippen molar-refractivity contribution in [2.75, 3.05) is 9.80 Å². The minimum Gasteiger partial charge on any atom is -0.457 e. The van der Waals surface area contributed by atoms with Gasteiger partial charge in [-0.05, 0) is 108 Å². The number of carbonyl (C=O) groups is 4. The number of nitrogens with zero attached hydrogens (tertiary/aromatic N) is 2. The zero-order valence-electron chi connectivity index (χ0n) is 27.7. The molecule has 0 saturated carbocycles.